The lowest BCUT2D eigenvalue weighted by Gasteiger charge is -2.30. The van der Waals surface area contributed by atoms with Gasteiger partial charge in [0, 0.05) is 24.5 Å². The standard InChI is InChI=1S/C10H16N4/c1-8-9(3-2-4-12-8)14-10-7-11-5-6-13-10/h5-9,12H,2-4H2,1H3,(H,13,14). The van der Waals surface area contributed by atoms with Gasteiger partial charge in [0.25, 0.3) is 0 Å². The van der Waals surface area contributed by atoms with Gasteiger partial charge in [-0.3, -0.25) is 4.98 Å². The molecule has 0 radical (unpaired) electrons. The second-order valence-corrected chi connectivity index (χ2v) is 3.73. The molecule has 1 aliphatic rings. The number of anilines is 1. The van der Waals surface area contributed by atoms with Gasteiger partial charge < -0.3 is 10.6 Å². The van der Waals surface area contributed by atoms with Gasteiger partial charge in [0.2, 0.25) is 0 Å². The van der Waals surface area contributed by atoms with Crippen LogP contribution in [-0.4, -0.2) is 28.6 Å². The van der Waals surface area contributed by atoms with Crippen LogP contribution in [0.1, 0.15) is 19.8 Å². The van der Waals surface area contributed by atoms with Crippen molar-refractivity contribution in [2.75, 3.05) is 11.9 Å². The Morgan fingerprint density at radius 3 is 3.14 bits per heavy atom. The molecule has 0 aliphatic carbocycles. The molecule has 2 heterocycles. The number of nitrogens with one attached hydrogen (secondary N) is 2. The molecular formula is C10H16N4. The summed E-state index contributed by atoms with van der Waals surface area (Å²) in [5, 5.41) is 6.84. The smallest absolute Gasteiger partial charge is 0.144 e. The van der Waals surface area contributed by atoms with Crippen LogP contribution in [0.4, 0.5) is 5.82 Å². The molecule has 2 unspecified atom stereocenters. The third kappa shape index (κ3) is 2.20. The number of nitrogens with zero attached hydrogens (tertiary/aromatic N) is 2. The highest BCUT2D eigenvalue weighted by molar-refractivity contribution is 5.32. The number of aromatic nitrogens is 2. The first-order valence-corrected chi connectivity index (χ1v) is 5.12. The maximum absolute atomic E-state index is 4.21. The Hall–Kier alpha value is -1.16. The minimum absolute atomic E-state index is 0.473. The monoisotopic (exact) mass is 192 g/mol. The zero-order valence-electron chi connectivity index (χ0n) is 8.40. The summed E-state index contributed by atoms with van der Waals surface area (Å²) in [4.78, 5) is 8.24. The summed E-state index contributed by atoms with van der Waals surface area (Å²) in [6, 6.07) is 0.978. The van der Waals surface area contributed by atoms with Crippen LogP contribution < -0.4 is 10.6 Å². The Labute approximate surface area is 84.2 Å². The normalized spacial score (nSPS) is 27.2. The van der Waals surface area contributed by atoms with E-state index in [1.54, 1.807) is 18.6 Å². The molecule has 1 aromatic rings. The van der Waals surface area contributed by atoms with Crippen molar-refractivity contribution >= 4 is 5.82 Å². The van der Waals surface area contributed by atoms with E-state index < -0.39 is 0 Å². The van der Waals surface area contributed by atoms with Crippen molar-refractivity contribution in [2.24, 2.45) is 0 Å². The molecule has 0 saturated carbocycles. The molecule has 0 spiro atoms. The minimum atomic E-state index is 0.473. The summed E-state index contributed by atoms with van der Waals surface area (Å²) < 4.78 is 0. The molecule has 14 heavy (non-hydrogen) atoms. The molecule has 76 valence electrons. The van der Waals surface area contributed by atoms with Crippen LogP contribution in [0.3, 0.4) is 0 Å². The number of piperidine rings is 1. The van der Waals surface area contributed by atoms with Gasteiger partial charge in [-0.2, -0.15) is 0 Å². The lowest BCUT2D eigenvalue weighted by atomic mass is 10.00. The van der Waals surface area contributed by atoms with Crippen LogP contribution in [0.15, 0.2) is 18.6 Å². The predicted octanol–water partition coefficient (Wildman–Crippen LogP) is 1.03. The third-order valence-electron chi connectivity index (χ3n) is 2.66. The summed E-state index contributed by atoms with van der Waals surface area (Å²) in [5.41, 5.74) is 0. The quantitative estimate of drug-likeness (QED) is 0.734. The van der Waals surface area contributed by atoms with Crippen molar-refractivity contribution in [1.29, 1.82) is 0 Å². The molecule has 4 nitrogen and oxygen atoms in total. The van der Waals surface area contributed by atoms with Crippen LogP contribution in [0.2, 0.25) is 0 Å². The van der Waals surface area contributed by atoms with E-state index in [-0.39, 0.29) is 0 Å². The zero-order chi connectivity index (χ0) is 9.80. The SMILES string of the molecule is CC1NCCCC1Nc1cnccn1. The summed E-state index contributed by atoms with van der Waals surface area (Å²) in [6.07, 6.45) is 7.59. The second-order valence-electron chi connectivity index (χ2n) is 3.73. The van der Waals surface area contributed by atoms with Crippen LogP contribution in [0.25, 0.3) is 0 Å². The highest BCUT2D eigenvalue weighted by Gasteiger charge is 2.20. The van der Waals surface area contributed by atoms with E-state index in [0.717, 1.165) is 12.4 Å². The maximum atomic E-state index is 4.21. The molecule has 1 aromatic heterocycles. The average molecular weight is 192 g/mol. The van der Waals surface area contributed by atoms with Crippen molar-refractivity contribution in [1.82, 2.24) is 15.3 Å². The van der Waals surface area contributed by atoms with Gasteiger partial charge in [-0.05, 0) is 26.3 Å². The van der Waals surface area contributed by atoms with Gasteiger partial charge in [-0.25, -0.2) is 4.98 Å². The fourth-order valence-corrected chi connectivity index (χ4v) is 1.80. The fraction of sp³-hybridized carbons (Fsp3) is 0.600. The summed E-state index contributed by atoms with van der Waals surface area (Å²) in [5.74, 6) is 0.869. The number of hydrogen-bond donors (Lipinski definition) is 2. The molecule has 2 rings (SSSR count). The Bertz CT molecular complexity index is 275. The van der Waals surface area contributed by atoms with Crippen molar-refractivity contribution in [2.45, 2.75) is 31.8 Å². The number of rotatable bonds is 2. The van der Waals surface area contributed by atoms with Gasteiger partial charge in [-0.1, -0.05) is 0 Å². The highest BCUT2D eigenvalue weighted by atomic mass is 15.1. The molecule has 1 fully saturated rings. The maximum Gasteiger partial charge on any atom is 0.144 e. The van der Waals surface area contributed by atoms with E-state index in [0.29, 0.717) is 12.1 Å². The van der Waals surface area contributed by atoms with E-state index in [1.807, 2.05) is 0 Å². The molecule has 1 aliphatic heterocycles. The first-order chi connectivity index (χ1) is 6.86. The van der Waals surface area contributed by atoms with E-state index in [1.165, 1.54) is 12.8 Å². The average Bonchev–Trinajstić information content (AvgIpc) is 2.23. The highest BCUT2D eigenvalue weighted by Crippen LogP contribution is 2.12. The van der Waals surface area contributed by atoms with Crippen molar-refractivity contribution in [3.8, 4) is 0 Å². The van der Waals surface area contributed by atoms with Crippen molar-refractivity contribution < 1.29 is 0 Å². The van der Waals surface area contributed by atoms with E-state index in [4.69, 9.17) is 0 Å². The van der Waals surface area contributed by atoms with Crippen LogP contribution >= 0.6 is 0 Å². The van der Waals surface area contributed by atoms with Gasteiger partial charge in [-0.15, -0.1) is 0 Å². The summed E-state index contributed by atoms with van der Waals surface area (Å²) in [7, 11) is 0. The Morgan fingerprint density at radius 2 is 2.43 bits per heavy atom. The lowest BCUT2D eigenvalue weighted by Crippen LogP contribution is -2.46. The molecule has 0 aromatic carbocycles. The lowest BCUT2D eigenvalue weighted by molar-refractivity contribution is 0.388. The Balaban J connectivity index is 1.96. The Kier molecular flexibility index (Phi) is 2.93. The predicted molar refractivity (Wildman–Crippen MR) is 56.1 cm³/mol. The molecule has 2 atom stereocenters. The minimum Gasteiger partial charge on any atom is -0.365 e. The molecule has 1 saturated heterocycles. The van der Waals surface area contributed by atoms with Crippen LogP contribution in [0.5, 0.6) is 0 Å². The van der Waals surface area contributed by atoms with Gasteiger partial charge in [0.05, 0.1) is 6.20 Å². The van der Waals surface area contributed by atoms with Gasteiger partial charge in [0.1, 0.15) is 5.82 Å². The third-order valence-corrected chi connectivity index (χ3v) is 2.66. The zero-order valence-corrected chi connectivity index (χ0v) is 8.40. The fourth-order valence-electron chi connectivity index (χ4n) is 1.80. The largest absolute Gasteiger partial charge is 0.365 e. The summed E-state index contributed by atoms with van der Waals surface area (Å²) >= 11 is 0. The van der Waals surface area contributed by atoms with Crippen LogP contribution in [-0.2, 0) is 0 Å². The molecule has 0 bridgehead atoms. The first-order valence-electron chi connectivity index (χ1n) is 5.12. The van der Waals surface area contributed by atoms with E-state index in [9.17, 15) is 0 Å². The van der Waals surface area contributed by atoms with E-state index >= 15 is 0 Å². The van der Waals surface area contributed by atoms with Gasteiger partial charge in [0.15, 0.2) is 0 Å². The molecule has 2 N–H and O–H groups in total. The van der Waals surface area contributed by atoms with Crippen molar-refractivity contribution in [3.05, 3.63) is 18.6 Å². The van der Waals surface area contributed by atoms with Gasteiger partial charge >= 0.3 is 0 Å². The topological polar surface area (TPSA) is 49.8 Å². The molecular weight excluding hydrogens is 176 g/mol. The molecule has 4 heteroatoms. The van der Waals surface area contributed by atoms with Crippen LogP contribution in [0, 0.1) is 0 Å². The Morgan fingerprint density at radius 1 is 1.50 bits per heavy atom. The first kappa shape index (κ1) is 9.40. The van der Waals surface area contributed by atoms with Crippen molar-refractivity contribution in [3.63, 3.8) is 0 Å². The van der Waals surface area contributed by atoms with E-state index in [2.05, 4.69) is 27.5 Å². The molecule has 0 amide bonds. The summed E-state index contributed by atoms with van der Waals surface area (Å²) in [6.45, 7) is 3.33. The number of hydrogen-bond acceptors (Lipinski definition) is 4. The second kappa shape index (κ2) is 4.37.